The van der Waals surface area contributed by atoms with Crippen molar-refractivity contribution >= 4 is 5.97 Å². The molecule has 1 fully saturated rings. The van der Waals surface area contributed by atoms with Gasteiger partial charge in [0.25, 0.3) is 0 Å². The highest BCUT2D eigenvalue weighted by Crippen LogP contribution is 2.66. The van der Waals surface area contributed by atoms with Crippen LogP contribution >= 0.6 is 0 Å². The minimum absolute atomic E-state index is 0.190. The van der Waals surface area contributed by atoms with Crippen molar-refractivity contribution in [3.05, 3.63) is 29.8 Å². The van der Waals surface area contributed by atoms with E-state index < -0.39 is 41.4 Å². The topological polar surface area (TPSA) is 50.2 Å². The van der Waals surface area contributed by atoms with Gasteiger partial charge in [-0.3, -0.25) is 9.78 Å². The van der Waals surface area contributed by atoms with Crippen molar-refractivity contribution in [3.8, 4) is 0 Å². The maximum absolute atomic E-state index is 13.6. The zero-order valence-corrected chi connectivity index (χ0v) is 9.75. The number of rotatable bonds is 4. The lowest BCUT2D eigenvalue weighted by Crippen LogP contribution is -2.33. The second-order valence-electron chi connectivity index (χ2n) is 4.67. The molecular weight excluding hydrogens is 266 g/mol. The third kappa shape index (κ3) is 2.41. The van der Waals surface area contributed by atoms with Gasteiger partial charge >= 0.3 is 12.1 Å². The Morgan fingerprint density at radius 2 is 2.11 bits per heavy atom. The maximum atomic E-state index is 13.6. The molecule has 19 heavy (non-hydrogen) atoms. The summed E-state index contributed by atoms with van der Waals surface area (Å²) in [6.07, 6.45) is -4.56. The first-order valence-corrected chi connectivity index (χ1v) is 5.67. The molecule has 1 aromatic heterocycles. The first kappa shape index (κ1) is 13.8. The highest BCUT2D eigenvalue weighted by Gasteiger charge is 2.68. The molecule has 0 bridgehead atoms. The van der Waals surface area contributed by atoms with Gasteiger partial charge in [0.15, 0.2) is 0 Å². The van der Waals surface area contributed by atoms with Crippen LogP contribution in [0.25, 0.3) is 0 Å². The summed E-state index contributed by atoms with van der Waals surface area (Å²) < 4.78 is 52.8. The van der Waals surface area contributed by atoms with Crippen LogP contribution in [-0.4, -0.2) is 22.2 Å². The predicted octanol–water partition coefficient (Wildman–Crippen LogP) is 3.12. The molecule has 1 aromatic rings. The second kappa shape index (κ2) is 4.47. The van der Waals surface area contributed by atoms with Crippen molar-refractivity contribution in [2.24, 2.45) is 5.41 Å². The fraction of sp³-hybridized carbons (Fsp3) is 0.500. The summed E-state index contributed by atoms with van der Waals surface area (Å²) in [6, 6.07) is 2.24. The fourth-order valence-electron chi connectivity index (χ4n) is 2.35. The normalized spacial score (nSPS) is 18.9. The lowest BCUT2D eigenvalue weighted by molar-refractivity contribution is -0.196. The van der Waals surface area contributed by atoms with Crippen LogP contribution in [0.15, 0.2) is 18.3 Å². The van der Waals surface area contributed by atoms with Crippen LogP contribution in [-0.2, 0) is 4.79 Å². The molecule has 0 radical (unpaired) electrons. The van der Waals surface area contributed by atoms with Gasteiger partial charge in [0.2, 0.25) is 0 Å². The summed E-state index contributed by atoms with van der Waals surface area (Å²) in [5.74, 6) is -3.78. The number of hydrogen-bond donors (Lipinski definition) is 1. The predicted molar refractivity (Wildman–Crippen MR) is 56.9 cm³/mol. The molecule has 0 aliphatic heterocycles. The number of nitrogens with zero attached hydrogens (tertiary/aromatic N) is 1. The van der Waals surface area contributed by atoms with Crippen LogP contribution in [0.5, 0.6) is 0 Å². The molecule has 1 aliphatic carbocycles. The third-order valence-corrected chi connectivity index (χ3v) is 3.52. The van der Waals surface area contributed by atoms with Crippen LogP contribution in [0.1, 0.15) is 30.9 Å². The van der Waals surface area contributed by atoms with E-state index in [4.69, 9.17) is 5.11 Å². The van der Waals surface area contributed by atoms with E-state index >= 15 is 0 Å². The molecule has 7 heteroatoms. The van der Waals surface area contributed by atoms with Crippen LogP contribution < -0.4 is 0 Å². The molecular formula is C12H11F4NO2. The first-order chi connectivity index (χ1) is 8.78. The average Bonchev–Trinajstić information content (AvgIpc) is 3.07. The van der Waals surface area contributed by atoms with E-state index in [0.717, 1.165) is 6.07 Å². The Hall–Kier alpha value is -1.66. The number of aliphatic carboxylic acids is 1. The number of hydrogen-bond acceptors (Lipinski definition) is 2. The molecule has 1 aliphatic rings. The number of alkyl halides is 3. The van der Waals surface area contributed by atoms with Gasteiger partial charge in [-0.05, 0) is 25.0 Å². The molecule has 0 saturated heterocycles. The molecule has 0 amide bonds. The zero-order valence-electron chi connectivity index (χ0n) is 9.75. The second-order valence-corrected chi connectivity index (χ2v) is 4.67. The van der Waals surface area contributed by atoms with Crippen LogP contribution in [0.3, 0.4) is 0 Å². The number of aromatic nitrogens is 1. The van der Waals surface area contributed by atoms with E-state index in [1.807, 2.05) is 0 Å². The van der Waals surface area contributed by atoms with Gasteiger partial charge in [-0.25, -0.2) is 4.39 Å². The average molecular weight is 277 g/mol. The van der Waals surface area contributed by atoms with Gasteiger partial charge < -0.3 is 5.11 Å². The van der Waals surface area contributed by atoms with E-state index in [2.05, 4.69) is 4.98 Å². The minimum atomic E-state index is -4.56. The summed E-state index contributed by atoms with van der Waals surface area (Å²) >= 11 is 0. The Bertz CT molecular complexity index is 497. The van der Waals surface area contributed by atoms with Crippen molar-refractivity contribution in [3.63, 3.8) is 0 Å². The monoisotopic (exact) mass is 277 g/mol. The molecule has 1 N–H and O–H groups in total. The van der Waals surface area contributed by atoms with Gasteiger partial charge in [0.1, 0.15) is 5.82 Å². The Kier molecular flexibility index (Phi) is 3.24. The van der Waals surface area contributed by atoms with Gasteiger partial charge in [0, 0.05) is 12.1 Å². The third-order valence-electron chi connectivity index (χ3n) is 3.52. The Balaban J connectivity index is 2.44. The number of pyridine rings is 1. The molecule has 1 heterocycles. The van der Waals surface area contributed by atoms with Crippen molar-refractivity contribution in [2.45, 2.75) is 31.4 Å². The maximum Gasteiger partial charge on any atom is 0.395 e. The van der Waals surface area contributed by atoms with E-state index in [1.54, 1.807) is 0 Å². The lowest BCUT2D eigenvalue weighted by atomic mass is 9.82. The first-order valence-electron chi connectivity index (χ1n) is 5.67. The van der Waals surface area contributed by atoms with E-state index in [0.29, 0.717) is 0 Å². The number of carbonyl (C=O) groups is 1. The largest absolute Gasteiger partial charge is 0.481 e. The van der Waals surface area contributed by atoms with Gasteiger partial charge in [0.05, 0.1) is 17.5 Å². The van der Waals surface area contributed by atoms with Crippen LogP contribution in [0.4, 0.5) is 17.6 Å². The van der Waals surface area contributed by atoms with Gasteiger partial charge in [-0.2, -0.15) is 13.2 Å². The molecule has 0 spiro atoms. The highest BCUT2D eigenvalue weighted by molar-refractivity contribution is 5.68. The number of carboxylic acids is 1. The summed E-state index contributed by atoms with van der Waals surface area (Å²) in [4.78, 5) is 14.4. The molecule has 104 valence electrons. The van der Waals surface area contributed by atoms with Crippen molar-refractivity contribution in [2.75, 3.05) is 0 Å². The summed E-state index contributed by atoms with van der Waals surface area (Å²) in [5, 5.41) is 8.78. The van der Waals surface area contributed by atoms with Gasteiger partial charge in [-0.15, -0.1) is 0 Å². The standard InChI is InChI=1S/C12H11F4NO2/c13-8-2-1-5-17-10(8)7(6-9(18)19)11(3-4-11)12(14,15)16/h1-2,5,7H,3-4,6H2,(H,18,19). The molecule has 1 saturated carbocycles. The minimum Gasteiger partial charge on any atom is -0.481 e. The van der Waals surface area contributed by atoms with E-state index in [-0.39, 0.29) is 12.8 Å². The quantitative estimate of drug-likeness (QED) is 0.860. The van der Waals surface area contributed by atoms with Crippen molar-refractivity contribution in [1.82, 2.24) is 4.98 Å². The number of halogens is 4. The molecule has 3 nitrogen and oxygen atoms in total. The molecule has 0 aromatic carbocycles. The van der Waals surface area contributed by atoms with E-state index in [9.17, 15) is 22.4 Å². The molecule has 1 atom stereocenters. The zero-order chi connectivity index (χ0) is 14.3. The molecule has 2 rings (SSSR count). The Labute approximate surface area is 106 Å². The van der Waals surface area contributed by atoms with Gasteiger partial charge in [-0.1, -0.05) is 0 Å². The highest BCUT2D eigenvalue weighted by atomic mass is 19.4. The van der Waals surface area contributed by atoms with Crippen LogP contribution in [0.2, 0.25) is 0 Å². The fourth-order valence-corrected chi connectivity index (χ4v) is 2.35. The SMILES string of the molecule is O=C(O)CC(c1ncccc1F)C1(C(F)(F)F)CC1. The molecule has 1 unspecified atom stereocenters. The van der Waals surface area contributed by atoms with Crippen LogP contribution in [0, 0.1) is 11.2 Å². The summed E-state index contributed by atoms with van der Waals surface area (Å²) in [6.45, 7) is 0. The van der Waals surface area contributed by atoms with Crippen molar-refractivity contribution < 1.29 is 27.5 Å². The summed E-state index contributed by atoms with van der Waals surface area (Å²) in [5.41, 5.74) is -2.57. The Morgan fingerprint density at radius 1 is 1.47 bits per heavy atom. The number of carboxylic acid groups (broad SMARTS) is 1. The smallest absolute Gasteiger partial charge is 0.395 e. The lowest BCUT2D eigenvalue weighted by Gasteiger charge is -2.27. The van der Waals surface area contributed by atoms with Crippen molar-refractivity contribution in [1.29, 1.82) is 0 Å². The van der Waals surface area contributed by atoms with E-state index in [1.165, 1.54) is 12.3 Å². The summed E-state index contributed by atoms with van der Waals surface area (Å²) in [7, 11) is 0. The Morgan fingerprint density at radius 3 is 2.53 bits per heavy atom.